The SMILES string of the molecule is CC[C@@]12CN(C(=O)c3ccccc3)C3C[C@@H]1[C@@H](COC2=O)c1c3n(Cc2ccccc2)c2ccccc12. The van der Waals surface area contributed by atoms with Gasteiger partial charge in [-0.1, -0.05) is 73.7 Å². The molecule has 5 nitrogen and oxygen atoms in total. The van der Waals surface area contributed by atoms with Gasteiger partial charge in [0.2, 0.25) is 0 Å². The summed E-state index contributed by atoms with van der Waals surface area (Å²) in [5.74, 6) is 0.139. The van der Waals surface area contributed by atoms with Crippen LogP contribution in [0, 0.1) is 11.3 Å². The smallest absolute Gasteiger partial charge is 0.314 e. The number of carbonyl (C=O) groups excluding carboxylic acids is 2. The Morgan fingerprint density at radius 2 is 1.68 bits per heavy atom. The lowest BCUT2D eigenvalue weighted by molar-refractivity contribution is -0.181. The number of nitrogens with zero attached hydrogens (tertiary/aromatic N) is 2. The van der Waals surface area contributed by atoms with Crippen LogP contribution in [-0.4, -0.2) is 34.5 Å². The van der Waals surface area contributed by atoms with Gasteiger partial charge in [0.15, 0.2) is 0 Å². The summed E-state index contributed by atoms with van der Waals surface area (Å²) in [5, 5.41) is 1.21. The Balaban J connectivity index is 1.48. The van der Waals surface area contributed by atoms with Crippen LogP contribution in [0.4, 0.5) is 0 Å². The predicted octanol–water partition coefficient (Wildman–Crippen LogP) is 5.94. The molecule has 2 aliphatic heterocycles. The number of hydrogen-bond donors (Lipinski definition) is 0. The van der Waals surface area contributed by atoms with Gasteiger partial charge in [0.1, 0.15) is 0 Å². The van der Waals surface area contributed by atoms with Crippen LogP contribution in [0.1, 0.15) is 58.9 Å². The van der Waals surface area contributed by atoms with Gasteiger partial charge in [0.05, 0.1) is 18.1 Å². The third kappa shape index (κ3) is 3.16. The molecule has 37 heavy (non-hydrogen) atoms. The van der Waals surface area contributed by atoms with E-state index >= 15 is 0 Å². The van der Waals surface area contributed by atoms with Crippen molar-refractivity contribution >= 4 is 22.8 Å². The molecule has 2 bridgehead atoms. The molecule has 0 N–H and O–H groups in total. The van der Waals surface area contributed by atoms with E-state index in [4.69, 9.17) is 4.74 Å². The number of amides is 1. The Morgan fingerprint density at radius 3 is 2.43 bits per heavy atom. The molecular formula is C32H30N2O3. The fourth-order valence-electron chi connectivity index (χ4n) is 7.37. The Labute approximate surface area is 216 Å². The number of carbonyl (C=O) groups is 2. The first-order valence-corrected chi connectivity index (χ1v) is 13.3. The van der Waals surface area contributed by atoms with Crippen LogP contribution in [0.3, 0.4) is 0 Å². The van der Waals surface area contributed by atoms with E-state index in [0.29, 0.717) is 25.1 Å². The predicted molar refractivity (Wildman–Crippen MR) is 142 cm³/mol. The number of ether oxygens (including phenoxy) is 1. The summed E-state index contributed by atoms with van der Waals surface area (Å²) < 4.78 is 8.37. The zero-order valence-corrected chi connectivity index (χ0v) is 21.0. The number of esters is 1. The zero-order chi connectivity index (χ0) is 25.1. The topological polar surface area (TPSA) is 51.5 Å². The molecule has 1 unspecified atom stereocenters. The maximum Gasteiger partial charge on any atom is 0.314 e. The zero-order valence-electron chi connectivity index (χ0n) is 21.0. The molecule has 3 aliphatic rings. The van der Waals surface area contributed by atoms with Crippen LogP contribution in [0.5, 0.6) is 0 Å². The summed E-state index contributed by atoms with van der Waals surface area (Å²) >= 11 is 0. The first-order chi connectivity index (χ1) is 18.1. The van der Waals surface area contributed by atoms with E-state index in [1.807, 2.05) is 41.3 Å². The first kappa shape index (κ1) is 22.3. The average molecular weight is 491 g/mol. The van der Waals surface area contributed by atoms with E-state index in [1.165, 1.54) is 27.7 Å². The van der Waals surface area contributed by atoms with Gasteiger partial charge in [0.25, 0.3) is 5.91 Å². The molecule has 1 aromatic heterocycles. The van der Waals surface area contributed by atoms with E-state index in [2.05, 4.69) is 60.0 Å². The third-order valence-corrected chi connectivity index (χ3v) is 9.14. The van der Waals surface area contributed by atoms with Gasteiger partial charge in [-0.15, -0.1) is 0 Å². The van der Waals surface area contributed by atoms with Crippen LogP contribution < -0.4 is 0 Å². The highest BCUT2D eigenvalue weighted by Crippen LogP contribution is 2.60. The van der Waals surface area contributed by atoms with Gasteiger partial charge in [-0.3, -0.25) is 9.59 Å². The van der Waals surface area contributed by atoms with Crippen molar-refractivity contribution in [3.8, 4) is 0 Å². The largest absolute Gasteiger partial charge is 0.465 e. The van der Waals surface area contributed by atoms with Crippen LogP contribution in [0.25, 0.3) is 10.9 Å². The number of aromatic nitrogens is 1. The molecule has 186 valence electrons. The van der Waals surface area contributed by atoms with Gasteiger partial charge in [-0.2, -0.15) is 0 Å². The Bertz CT molecular complexity index is 1510. The van der Waals surface area contributed by atoms with Crippen LogP contribution in [-0.2, 0) is 16.1 Å². The Hall–Kier alpha value is -3.86. The minimum Gasteiger partial charge on any atom is -0.465 e. The number of cyclic esters (lactones) is 1. The molecule has 1 amide bonds. The van der Waals surface area contributed by atoms with Gasteiger partial charge in [0, 0.05) is 41.2 Å². The van der Waals surface area contributed by atoms with Gasteiger partial charge in [-0.05, 0) is 48.1 Å². The molecule has 0 spiro atoms. The van der Waals surface area contributed by atoms with Crippen molar-refractivity contribution in [3.63, 3.8) is 0 Å². The van der Waals surface area contributed by atoms with Crippen molar-refractivity contribution in [3.05, 3.63) is 107 Å². The summed E-state index contributed by atoms with van der Waals surface area (Å²) in [7, 11) is 0. The lowest BCUT2D eigenvalue weighted by Gasteiger charge is -2.57. The molecule has 4 aromatic rings. The van der Waals surface area contributed by atoms with Gasteiger partial charge < -0.3 is 14.2 Å². The molecule has 1 aliphatic carbocycles. The molecule has 3 aromatic carbocycles. The van der Waals surface area contributed by atoms with E-state index in [0.717, 1.165) is 13.0 Å². The lowest BCUT2D eigenvalue weighted by atomic mass is 9.56. The standard InChI is InChI=1S/C32H30N2O3/c1-2-32-20-34(30(35)22-13-7-4-8-14-22)27-17-25(32)24(19-37-31(32)36)28-23-15-9-10-16-26(23)33(29(27)28)18-21-11-5-3-6-12-21/h3-16,24-25,27H,2,17-20H2,1H3/t24-,25-,27?,32-/m1/s1. The lowest BCUT2D eigenvalue weighted by Crippen LogP contribution is -2.62. The number of piperidine rings is 1. The monoisotopic (exact) mass is 490 g/mol. The summed E-state index contributed by atoms with van der Waals surface area (Å²) in [6, 6.07) is 28.5. The number of rotatable bonds is 4. The van der Waals surface area contributed by atoms with Crippen molar-refractivity contribution in [1.82, 2.24) is 9.47 Å². The Kier molecular flexibility index (Phi) is 5.04. The van der Waals surface area contributed by atoms with E-state index in [9.17, 15) is 9.59 Å². The molecule has 4 atom stereocenters. The summed E-state index contributed by atoms with van der Waals surface area (Å²) in [6.45, 7) is 3.62. The fourth-order valence-corrected chi connectivity index (χ4v) is 7.37. The summed E-state index contributed by atoms with van der Waals surface area (Å²) in [4.78, 5) is 29.5. The molecule has 0 radical (unpaired) electrons. The van der Waals surface area contributed by atoms with Gasteiger partial charge >= 0.3 is 5.97 Å². The van der Waals surface area contributed by atoms with E-state index < -0.39 is 5.41 Å². The quantitative estimate of drug-likeness (QED) is 0.333. The van der Waals surface area contributed by atoms with Gasteiger partial charge in [-0.25, -0.2) is 0 Å². The average Bonchev–Trinajstić information content (AvgIpc) is 3.28. The normalized spacial score (nSPS) is 26.0. The van der Waals surface area contributed by atoms with Crippen LogP contribution in [0.15, 0.2) is 84.9 Å². The number of likely N-dealkylation sites (tertiary alicyclic amines) is 1. The van der Waals surface area contributed by atoms with E-state index in [1.54, 1.807) is 0 Å². The second kappa shape index (κ2) is 8.34. The van der Waals surface area contributed by atoms with Crippen molar-refractivity contribution in [2.75, 3.05) is 13.2 Å². The highest BCUT2D eigenvalue weighted by atomic mass is 16.5. The maximum atomic E-state index is 14.1. The first-order valence-electron chi connectivity index (χ1n) is 13.3. The second-order valence-corrected chi connectivity index (χ2v) is 10.8. The van der Waals surface area contributed by atoms with Crippen LogP contribution in [0.2, 0.25) is 0 Å². The number of para-hydroxylation sites is 1. The fraction of sp³-hybridized carbons (Fsp3) is 0.312. The molecule has 2 fully saturated rings. The maximum absolute atomic E-state index is 14.1. The summed E-state index contributed by atoms with van der Waals surface area (Å²) in [5.41, 5.74) is 4.86. The molecule has 5 heteroatoms. The second-order valence-electron chi connectivity index (χ2n) is 10.8. The van der Waals surface area contributed by atoms with Crippen LogP contribution >= 0.6 is 0 Å². The van der Waals surface area contributed by atoms with Crippen molar-refractivity contribution in [2.24, 2.45) is 11.3 Å². The minimum absolute atomic E-state index is 0.0174. The molecule has 0 saturated carbocycles. The third-order valence-electron chi connectivity index (χ3n) is 9.14. The van der Waals surface area contributed by atoms with E-state index in [-0.39, 0.29) is 29.8 Å². The molecule has 3 heterocycles. The number of benzene rings is 3. The molecule has 2 saturated heterocycles. The van der Waals surface area contributed by atoms with Crippen molar-refractivity contribution < 1.29 is 14.3 Å². The molecular weight excluding hydrogens is 460 g/mol. The number of fused-ring (bicyclic) bond motifs is 6. The highest BCUT2D eigenvalue weighted by Gasteiger charge is 2.61. The highest BCUT2D eigenvalue weighted by molar-refractivity contribution is 5.96. The van der Waals surface area contributed by atoms with Crippen molar-refractivity contribution in [1.29, 1.82) is 0 Å². The van der Waals surface area contributed by atoms with Crippen molar-refractivity contribution in [2.45, 2.75) is 38.3 Å². The minimum atomic E-state index is -0.676. The summed E-state index contributed by atoms with van der Waals surface area (Å²) in [6.07, 6.45) is 1.45. The Morgan fingerprint density at radius 1 is 0.973 bits per heavy atom. The number of hydrogen-bond acceptors (Lipinski definition) is 3. The molecule has 7 rings (SSSR count).